The van der Waals surface area contributed by atoms with E-state index in [1.54, 1.807) is 4.31 Å². The second-order valence-electron chi connectivity index (χ2n) is 4.80. The highest BCUT2D eigenvalue weighted by atomic mass is 35.5. The Balaban J connectivity index is 1.98. The highest BCUT2D eigenvalue weighted by Gasteiger charge is 2.26. The Morgan fingerprint density at radius 1 is 1.15 bits per heavy atom. The van der Waals surface area contributed by atoms with Crippen LogP contribution in [0.4, 0.5) is 5.69 Å². The van der Waals surface area contributed by atoms with Crippen molar-refractivity contribution in [1.82, 2.24) is 4.31 Å². The molecule has 2 rings (SSSR count). The van der Waals surface area contributed by atoms with E-state index < -0.39 is 10.0 Å². The van der Waals surface area contributed by atoms with Crippen molar-refractivity contribution in [2.45, 2.75) is 6.42 Å². The summed E-state index contributed by atoms with van der Waals surface area (Å²) in [6, 6.07) is 7.63. The molecule has 1 aromatic rings. The molecule has 112 valence electrons. The highest BCUT2D eigenvalue weighted by molar-refractivity contribution is 7.89. The Morgan fingerprint density at radius 2 is 1.80 bits per heavy atom. The minimum Gasteiger partial charge on any atom is -0.368 e. The summed E-state index contributed by atoms with van der Waals surface area (Å²) in [5.41, 5.74) is 6.34. The van der Waals surface area contributed by atoms with Gasteiger partial charge in [0, 0.05) is 26.2 Å². The van der Waals surface area contributed by atoms with Crippen molar-refractivity contribution in [2.75, 3.05) is 43.4 Å². The monoisotopic (exact) mass is 317 g/mol. The van der Waals surface area contributed by atoms with Crippen LogP contribution in [-0.4, -0.2) is 51.2 Å². The summed E-state index contributed by atoms with van der Waals surface area (Å²) in [7, 11) is -3.17. The molecule has 0 unspecified atom stereocenters. The van der Waals surface area contributed by atoms with Crippen LogP contribution in [0.3, 0.4) is 0 Å². The first kappa shape index (κ1) is 15.6. The SMILES string of the molecule is NCCCS(=O)(=O)N1CCN(c2ccccc2Cl)CC1. The Morgan fingerprint density at radius 3 is 2.40 bits per heavy atom. The molecule has 7 heteroatoms. The fourth-order valence-electron chi connectivity index (χ4n) is 2.31. The van der Waals surface area contributed by atoms with E-state index in [1.807, 2.05) is 24.3 Å². The molecule has 1 aliphatic rings. The number of nitrogens with two attached hydrogens (primary N) is 1. The molecule has 1 aliphatic heterocycles. The minimum absolute atomic E-state index is 0.135. The molecule has 2 N–H and O–H groups in total. The van der Waals surface area contributed by atoms with Gasteiger partial charge in [0.25, 0.3) is 0 Å². The molecule has 0 aliphatic carbocycles. The third-order valence-electron chi connectivity index (χ3n) is 3.43. The zero-order chi connectivity index (χ0) is 14.6. The van der Waals surface area contributed by atoms with E-state index in [2.05, 4.69) is 4.90 Å². The third kappa shape index (κ3) is 3.63. The maximum atomic E-state index is 12.1. The fourth-order valence-corrected chi connectivity index (χ4v) is 4.07. The Labute approximate surface area is 125 Å². The van der Waals surface area contributed by atoms with Gasteiger partial charge in [-0.1, -0.05) is 23.7 Å². The van der Waals surface area contributed by atoms with E-state index in [0.29, 0.717) is 44.2 Å². The number of para-hydroxylation sites is 1. The summed E-state index contributed by atoms with van der Waals surface area (Å²) in [4.78, 5) is 2.12. The van der Waals surface area contributed by atoms with Gasteiger partial charge in [-0.2, -0.15) is 4.31 Å². The maximum Gasteiger partial charge on any atom is 0.214 e. The summed E-state index contributed by atoms with van der Waals surface area (Å²) in [5, 5.41) is 0.701. The second kappa shape index (κ2) is 6.76. The van der Waals surface area contributed by atoms with Crippen LogP contribution in [0.5, 0.6) is 0 Å². The quantitative estimate of drug-likeness (QED) is 0.884. The normalized spacial score (nSPS) is 17.4. The zero-order valence-corrected chi connectivity index (χ0v) is 12.9. The Hall–Kier alpha value is -0.820. The van der Waals surface area contributed by atoms with Crippen LogP contribution in [-0.2, 0) is 10.0 Å². The fraction of sp³-hybridized carbons (Fsp3) is 0.538. The lowest BCUT2D eigenvalue weighted by Gasteiger charge is -2.35. The highest BCUT2D eigenvalue weighted by Crippen LogP contribution is 2.26. The van der Waals surface area contributed by atoms with Crippen molar-refractivity contribution in [1.29, 1.82) is 0 Å². The van der Waals surface area contributed by atoms with Crippen LogP contribution in [0.2, 0.25) is 5.02 Å². The maximum absolute atomic E-state index is 12.1. The summed E-state index contributed by atoms with van der Waals surface area (Å²) in [6.07, 6.45) is 0.507. The number of sulfonamides is 1. The molecule has 20 heavy (non-hydrogen) atoms. The molecular formula is C13H20ClN3O2S. The number of piperazine rings is 1. The van der Waals surface area contributed by atoms with Crippen LogP contribution in [0.25, 0.3) is 0 Å². The Kier molecular flexibility index (Phi) is 5.26. The lowest BCUT2D eigenvalue weighted by molar-refractivity contribution is 0.384. The van der Waals surface area contributed by atoms with Gasteiger partial charge < -0.3 is 10.6 Å². The number of hydrogen-bond acceptors (Lipinski definition) is 4. The van der Waals surface area contributed by atoms with E-state index in [0.717, 1.165) is 5.69 Å². The number of hydrogen-bond donors (Lipinski definition) is 1. The van der Waals surface area contributed by atoms with Crippen LogP contribution in [0.15, 0.2) is 24.3 Å². The predicted octanol–water partition coefficient (Wildman–Crippen LogP) is 1.14. The van der Waals surface area contributed by atoms with Crippen LogP contribution in [0.1, 0.15) is 6.42 Å². The molecule has 1 heterocycles. The lowest BCUT2D eigenvalue weighted by Crippen LogP contribution is -2.49. The van der Waals surface area contributed by atoms with Gasteiger partial charge >= 0.3 is 0 Å². The molecule has 0 aromatic heterocycles. The molecule has 0 radical (unpaired) electrons. The van der Waals surface area contributed by atoms with Gasteiger partial charge in [-0.05, 0) is 25.1 Å². The van der Waals surface area contributed by atoms with E-state index >= 15 is 0 Å². The van der Waals surface area contributed by atoms with Gasteiger partial charge in [-0.25, -0.2) is 8.42 Å². The van der Waals surface area contributed by atoms with Crippen molar-refractivity contribution < 1.29 is 8.42 Å². The Bertz CT molecular complexity index is 542. The average Bonchev–Trinajstić information content (AvgIpc) is 2.46. The number of anilines is 1. The van der Waals surface area contributed by atoms with Crippen molar-refractivity contribution in [2.24, 2.45) is 5.73 Å². The van der Waals surface area contributed by atoms with Gasteiger partial charge in [0.1, 0.15) is 0 Å². The molecule has 1 fully saturated rings. The average molecular weight is 318 g/mol. The summed E-state index contributed by atoms with van der Waals surface area (Å²) in [6.45, 7) is 2.71. The van der Waals surface area contributed by atoms with Crippen molar-refractivity contribution in [3.8, 4) is 0 Å². The molecule has 5 nitrogen and oxygen atoms in total. The van der Waals surface area contributed by atoms with Gasteiger partial charge in [-0.15, -0.1) is 0 Å². The molecular weight excluding hydrogens is 298 g/mol. The first-order chi connectivity index (χ1) is 9.54. The number of benzene rings is 1. The van der Waals surface area contributed by atoms with E-state index in [4.69, 9.17) is 17.3 Å². The number of halogens is 1. The molecule has 1 saturated heterocycles. The van der Waals surface area contributed by atoms with Crippen molar-refractivity contribution in [3.63, 3.8) is 0 Å². The number of nitrogens with zero attached hydrogens (tertiary/aromatic N) is 2. The first-order valence-corrected chi connectivity index (χ1v) is 8.70. The van der Waals surface area contributed by atoms with E-state index in [9.17, 15) is 8.42 Å². The zero-order valence-electron chi connectivity index (χ0n) is 11.3. The van der Waals surface area contributed by atoms with Crippen LogP contribution < -0.4 is 10.6 Å². The molecule has 0 amide bonds. The topological polar surface area (TPSA) is 66.6 Å². The summed E-state index contributed by atoms with van der Waals surface area (Å²) >= 11 is 6.16. The van der Waals surface area contributed by atoms with E-state index in [1.165, 1.54) is 0 Å². The van der Waals surface area contributed by atoms with Crippen LogP contribution >= 0.6 is 11.6 Å². The molecule has 0 atom stereocenters. The van der Waals surface area contributed by atoms with Gasteiger partial charge in [0.15, 0.2) is 0 Å². The van der Waals surface area contributed by atoms with Gasteiger partial charge in [0.05, 0.1) is 16.5 Å². The van der Waals surface area contributed by atoms with Crippen molar-refractivity contribution >= 4 is 27.3 Å². The van der Waals surface area contributed by atoms with Gasteiger partial charge in [-0.3, -0.25) is 0 Å². The second-order valence-corrected chi connectivity index (χ2v) is 7.29. The molecule has 0 spiro atoms. The van der Waals surface area contributed by atoms with Crippen LogP contribution in [0, 0.1) is 0 Å². The summed E-state index contributed by atoms with van der Waals surface area (Å²) in [5.74, 6) is 0.135. The minimum atomic E-state index is -3.17. The first-order valence-electron chi connectivity index (χ1n) is 6.72. The molecule has 0 bridgehead atoms. The molecule has 0 saturated carbocycles. The lowest BCUT2D eigenvalue weighted by atomic mass is 10.2. The van der Waals surface area contributed by atoms with Gasteiger partial charge in [0.2, 0.25) is 10.0 Å². The molecule has 1 aromatic carbocycles. The standard InChI is InChI=1S/C13H20ClN3O2S/c14-12-4-1-2-5-13(12)16-7-9-17(10-8-16)20(18,19)11-3-6-15/h1-2,4-5H,3,6-11,15H2. The smallest absolute Gasteiger partial charge is 0.214 e. The summed E-state index contributed by atoms with van der Waals surface area (Å²) < 4.78 is 25.7. The number of rotatable bonds is 5. The van der Waals surface area contributed by atoms with E-state index in [-0.39, 0.29) is 5.75 Å². The largest absolute Gasteiger partial charge is 0.368 e. The predicted molar refractivity (Wildman–Crippen MR) is 82.7 cm³/mol. The third-order valence-corrected chi connectivity index (χ3v) is 5.71. The van der Waals surface area contributed by atoms with Crippen molar-refractivity contribution in [3.05, 3.63) is 29.3 Å².